The van der Waals surface area contributed by atoms with Gasteiger partial charge in [0.25, 0.3) is 0 Å². The van der Waals surface area contributed by atoms with Crippen molar-refractivity contribution in [1.29, 1.82) is 0 Å². The van der Waals surface area contributed by atoms with E-state index in [0.717, 1.165) is 17.3 Å². The van der Waals surface area contributed by atoms with E-state index >= 15 is 0 Å². The molecule has 0 spiro atoms. The van der Waals surface area contributed by atoms with Crippen LogP contribution in [-0.4, -0.2) is 9.97 Å². The lowest BCUT2D eigenvalue weighted by Crippen LogP contribution is -1.92. The average molecular weight is 220 g/mol. The van der Waals surface area contributed by atoms with Gasteiger partial charge in [0.05, 0.1) is 11.9 Å². The molecule has 1 heterocycles. The summed E-state index contributed by atoms with van der Waals surface area (Å²) in [5.41, 5.74) is 2.29. The number of halogens is 1. The topological polar surface area (TPSA) is 28.7 Å². The van der Waals surface area contributed by atoms with Gasteiger partial charge in [0, 0.05) is 5.56 Å². The van der Waals surface area contributed by atoms with Crippen LogP contribution in [-0.2, 0) is 0 Å². The first-order chi connectivity index (χ1) is 7.16. The summed E-state index contributed by atoms with van der Waals surface area (Å²) in [4.78, 5) is 6.41. The smallest absolute Gasteiger partial charge is 0.197 e. The van der Waals surface area contributed by atoms with Crippen molar-refractivity contribution in [2.75, 3.05) is 0 Å². The minimum absolute atomic E-state index is 0.284. The predicted molar refractivity (Wildman–Crippen MR) is 59.6 cm³/mol. The first-order valence-electron chi connectivity index (χ1n) is 4.48. The Morgan fingerprint density at radius 3 is 2.60 bits per heavy atom. The van der Waals surface area contributed by atoms with Crippen LogP contribution in [0.4, 0.5) is 4.39 Å². The third kappa shape index (κ3) is 2.10. The lowest BCUT2D eigenvalue weighted by molar-refractivity contribution is 0.617. The molecular formula is C11H9FN2S. The van der Waals surface area contributed by atoms with Crippen LogP contribution < -0.4 is 0 Å². The van der Waals surface area contributed by atoms with Crippen LogP contribution >= 0.6 is 12.2 Å². The van der Waals surface area contributed by atoms with Crippen LogP contribution in [0.5, 0.6) is 0 Å². The van der Waals surface area contributed by atoms with Gasteiger partial charge in [-0.1, -0.05) is 29.8 Å². The number of aromatic nitrogens is 2. The molecule has 0 aliphatic carbocycles. The third-order valence-electron chi connectivity index (χ3n) is 2.11. The molecule has 76 valence electrons. The molecule has 0 bridgehead atoms. The Balaban J connectivity index is 2.58. The summed E-state index contributed by atoms with van der Waals surface area (Å²) in [6, 6.07) is 7.54. The zero-order valence-electron chi connectivity index (χ0n) is 8.12. The highest BCUT2D eigenvalue weighted by atomic mass is 32.1. The van der Waals surface area contributed by atoms with Gasteiger partial charge in [0.1, 0.15) is 0 Å². The molecule has 1 aromatic carbocycles. The Morgan fingerprint density at radius 2 is 1.93 bits per heavy atom. The highest BCUT2D eigenvalue weighted by Crippen LogP contribution is 2.19. The first kappa shape index (κ1) is 9.98. The van der Waals surface area contributed by atoms with Gasteiger partial charge in [-0.25, -0.2) is 9.37 Å². The number of H-pyrrole nitrogens is 1. The molecule has 0 amide bonds. The van der Waals surface area contributed by atoms with Gasteiger partial charge >= 0.3 is 0 Å². The fraction of sp³-hybridized carbons (Fsp3) is 0.0909. The maximum absolute atomic E-state index is 13.4. The number of nitrogens with zero attached hydrogens (tertiary/aromatic N) is 1. The molecule has 15 heavy (non-hydrogen) atoms. The Hall–Kier alpha value is -1.55. The summed E-state index contributed by atoms with van der Waals surface area (Å²) in [5, 5.41) is 0. The van der Waals surface area contributed by atoms with Crippen molar-refractivity contribution in [3.8, 4) is 11.3 Å². The van der Waals surface area contributed by atoms with Crippen LogP contribution in [0.25, 0.3) is 11.3 Å². The molecule has 1 aromatic heterocycles. The molecule has 0 atom stereocenters. The molecule has 0 aliphatic rings. The second kappa shape index (κ2) is 3.90. The maximum atomic E-state index is 13.4. The second-order valence-corrected chi connectivity index (χ2v) is 3.66. The van der Waals surface area contributed by atoms with Crippen LogP contribution in [0, 0.1) is 17.5 Å². The molecule has 2 rings (SSSR count). The lowest BCUT2D eigenvalue weighted by Gasteiger charge is -2.03. The van der Waals surface area contributed by atoms with Gasteiger partial charge in [-0.05, 0) is 19.1 Å². The van der Waals surface area contributed by atoms with Crippen LogP contribution in [0.2, 0.25) is 0 Å². The SMILES string of the molecule is Cc1ccc(-c2[nH]c(=S)ncc2F)cc1. The summed E-state index contributed by atoms with van der Waals surface area (Å²) in [6.45, 7) is 1.98. The largest absolute Gasteiger partial charge is 0.328 e. The van der Waals surface area contributed by atoms with Crippen molar-refractivity contribution >= 4 is 12.2 Å². The number of aromatic amines is 1. The van der Waals surface area contributed by atoms with Gasteiger partial charge in [-0.3, -0.25) is 0 Å². The first-order valence-corrected chi connectivity index (χ1v) is 4.89. The van der Waals surface area contributed by atoms with Gasteiger partial charge in [0.15, 0.2) is 10.6 Å². The fourth-order valence-corrected chi connectivity index (χ4v) is 1.46. The third-order valence-corrected chi connectivity index (χ3v) is 2.31. The zero-order chi connectivity index (χ0) is 10.8. The summed E-state index contributed by atoms with van der Waals surface area (Å²) >= 11 is 4.85. The number of benzene rings is 1. The van der Waals surface area contributed by atoms with Crippen molar-refractivity contribution in [3.05, 3.63) is 46.6 Å². The molecule has 4 heteroatoms. The lowest BCUT2D eigenvalue weighted by atomic mass is 10.1. The normalized spacial score (nSPS) is 10.3. The molecule has 0 saturated heterocycles. The van der Waals surface area contributed by atoms with Gasteiger partial charge in [-0.2, -0.15) is 0 Å². The standard InChI is InChI=1S/C11H9FN2S/c1-7-2-4-8(5-3-7)10-9(12)6-13-11(15)14-10/h2-6H,1H3,(H,13,14,15). The Kier molecular flexibility index (Phi) is 2.60. The molecule has 2 aromatic rings. The van der Waals surface area contributed by atoms with E-state index < -0.39 is 5.82 Å². The van der Waals surface area contributed by atoms with E-state index in [1.165, 1.54) is 0 Å². The van der Waals surface area contributed by atoms with E-state index in [9.17, 15) is 4.39 Å². The highest BCUT2D eigenvalue weighted by Gasteiger charge is 2.04. The molecule has 0 radical (unpaired) electrons. The summed E-state index contributed by atoms with van der Waals surface area (Å²) in [6.07, 6.45) is 1.13. The fourth-order valence-electron chi connectivity index (χ4n) is 1.31. The molecule has 1 N–H and O–H groups in total. The molecular weight excluding hydrogens is 211 g/mol. The van der Waals surface area contributed by atoms with E-state index in [-0.39, 0.29) is 4.77 Å². The van der Waals surface area contributed by atoms with E-state index in [0.29, 0.717) is 5.69 Å². The van der Waals surface area contributed by atoms with Gasteiger partial charge in [-0.15, -0.1) is 0 Å². The quantitative estimate of drug-likeness (QED) is 0.747. The Labute approximate surface area is 91.8 Å². The molecule has 2 nitrogen and oxygen atoms in total. The molecule has 0 fully saturated rings. The minimum atomic E-state index is -0.396. The second-order valence-electron chi connectivity index (χ2n) is 3.28. The van der Waals surface area contributed by atoms with Crippen LogP contribution in [0.3, 0.4) is 0 Å². The molecule has 0 aliphatic heterocycles. The maximum Gasteiger partial charge on any atom is 0.197 e. The van der Waals surface area contributed by atoms with Gasteiger partial charge < -0.3 is 4.98 Å². The summed E-state index contributed by atoms with van der Waals surface area (Å²) < 4.78 is 13.7. The van der Waals surface area contributed by atoms with E-state index in [2.05, 4.69) is 9.97 Å². The Morgan fingerprint density at radius 1 is 1.27 bits per heavy atom. The Bertz CT molecular complexity index is 531. The van der Waals surface area contributed by atoms with Crippen LogP contribution in [0.1, 0.15) is 5.56 Å². The van der Waals surface area contributed by atoms with Crippen molar-refractivity contribution in [2.24, 2.45) is 0 Å². The minimum Gasteiger partial charge on any atom is -0.328 e. The van der Waals surface area contributed by atoms with Gasteiger partial charge in [0.2, 0.25) is 0 Å². The van der Waals surface area contributed by atoms with Crippen molar-refractivity contribution < 1.29 is 4.39 Å². The zero-order valence-corrected chi connectivity index (χ0v) is 8.94. The number of nitrogens with one attached hydrogen (secondary N) is 1. The number of rotatable bonds is 1. The van der Waals surface area contributed by atoms with Crippen molar-refractivity contribution in [2.45, 2.75) is 6.92 Å². The summed E-state index contributed by atoms with van der Waals surface area (Å²) in [7, 11) is 0. The number of aryl methyl sites for hydroxylation is 1. The van der Waals surface area contributed by atoms with Crippen LogP contribution in [0.15, 0.2) is 30.5 Å². The van der Waals surface area contributed by atoms with Crippen molar-refractivity contribution in [1.82, 2.24) is 9.97 Å². The number of hydrogen-bond donors (Lipinski definition) is 1. The highest BCUT2D eigenvalue weighted by molar-refractivity contribution is 7.71. The van der Waals surface area contributed by atoms with Crippen molar-refractivity contribution in [3.63, 3.8) is 0 Å². The average Bonchev–Trinajstić information content (AvgIpc) is 2.23. The predicted octanol–water partition coefficient (Wildman–Crippen LogP) is 3.25. The molecule has 0 saturated carbocycles. The monoisotopic (exact) mass is 220 g/mol. The van der Waals surface area contributed by atoms with E-state index in [1.807, 2.05) is 31.2 Å². The number of hydrogen-bond acceptors (Lipinski definition) is 2. The van der Waals surface area contributed by atoms with E-state index in [4.69, 9.17) is 12.2 Å². The molecule has 0 unspecified atom stereocenters. The summed E-state index contributed by atoms with van der Waals surface area (Å²) in [5.74, 6) is -0.396. The van der Waals surface area contributed by atoms with E-state index in [1.54, 1.807) is 0 Å².